The maximum Gasteiger partial charge on any atom is 0.347 e. The van der Waals surface area contributed by atoms with E-state index in [0.717, 1.165) is 11.3 Å². The lowest BCUT2D eigenvalue weighted by Crippen LogP contribution is -2.02. The van der Waals surface area contributed by atoms with Gasteiger partial charge in [0.15, 0.2) is 4.47 Å². The summed E-state index contributed by atoms with van der Waals surface area (Å²) >= 11 is 6.66. The smallest absolute Gasteiger partial charge is 0.347 e. The molecule has 13 heavy (non-hydrogen) atoms. The van der Waals surface area contributed by atoms with Gasteiger partial charge < -0.3 is 5.11 Å². The molecule has 1 N–H and O–H groups in total. The summed E-state index contributed by atoms with van der Waals surface area (Å²) in [6.07, 6.45) is 0.658. The van der Waals surface area contributed by atoms with Crippen molar-refractivity contribution in [2.45, 2.75) is 20.3 Å². The summed E-state index contributed by atoms with van der Waals surface area (Å²) in [5.41, 5.74) is 0.595. The van der Waals surface area contributed by atoms with Crippen molar-refractivity contribution in [2.75, 3.05) is 0 Å². The zero-order chi connectivity index (χ0) is 10.0. The van der Waals surface area contributed by atoms with Crippen molar-refractivity contribution in [3.8, 4) is 0 Å². The highest BCUT2D eigenvalue weighted by Crippen LogP contribution is 2.24. The predicted molar refractivity (Wildman–Crippen MR) is 52.6 cm³/mol. The first-order chi connectivity index (χ1) is 6.00. The normalized spacial score (nSPS) is 10.8. The number of carbonyl (C=O) groups is 1. The molecule has 0 saturated heterocycles. The van der Waals surface area contributed by atoms with E-state index in [1.54, 1.807) is 0 Å². The predicted octanol–water partition coefficient (Wildman–Crippen LogP) is 2.69. The summed E-state index contributed by atoms with van der Waals surface area (Å²) in [5.74, 6) is -0.559. The molecule has 0 aromatic carbocycles. The molecule has 1 heterocycles. The molecule has 0 atom stereocenters. The zero-order valence-corrected chi connectivity index (χ0v) is 8.95. The van der Waals surface area contributed by atoms with E-state index in [9.17, 15) is 4.79 Å². The van der Waals surface area contributed by atoms with E-state index < -0.39 is 5.97 Å². The molecule has 0 bridgehead atoms. The van der Waals surface area contributed by atoms with Gasteiger partial charge >= 0.3 is 5.97 Å². The number of thiazole rings is 1. The molecule has 72 valence electrons. The Labute approximate surface area is 85.4 Å². The number of hydrogen-bond donors (Lipinski definition) is 1. The minimum atomic E-state index is -0.944. The van der Waals surface area contributed by atoms with Crippen LogP contribution < -0.4 is 0 Å². The van der Waals surface area contributed by atoms with E-state index in [1.807, 2.05) is 13.8 Å². The average molecular weight is 220 g/mol. The molecule has 1 aromatic heterocycles. The van der Waals surface area contributed by atoms with Gasteiger partial charge in [-0.2, -0.15) is 0 Å². The second kappa shape index (κ2) is 4.07. The molecule has 0 amide bonds. The zero-order valence-electron chi connectivity index (χ0n) is 7.37. The molecule has 5 heteroatoms. The first kappa shape index (κ1) is 10.5. The topological polar surface area (TPSA) is 50.2 Å². The molecule has 0 aliphatic carbocycles. The van der Waals surface area contributed by atoms with Crippen LogP contribution in [0.15, 0.2) is 0 Å². The minimum Gasteiger partial charge on any atom is -0.477 e. The lowest BCUT2D eigenvalue weighted by atomic mass is 10.1. The van der Waals surface area contributed by atoms with Crippen LogP contribution in [0.3, 0.4) is 0 Å². The summed E-state index contributed by atoms with van der Waals surface area (Å²) in [6.45, 7) is 4.03. The van der Waals surface area contributed by atoms with Crippen LogP contribution in [0, 0.1) is 5.92 Å². The summed E-state index contributed by atoms with van der Waals surface area (Å²) in [4.78, 5) is 15.0. The van der Waals surface area contributed by atoms with Crippen LogP contribution in [0.4, 0.5) is 0 Å². The number of halogens is 1. The van der Waals surface area contributed by atoms with E-state index in [1.165, 1.54) is 0 Å². The van der Waals surface area contributed by atoms with Crippen LogP contribution in [0.25, 0.3) is 0 Å². The van der Waals surface area contributed by atoms with Crippen molar-refractivity contribution in [3.63, 3.8) is 0 Å². The largest absolute Gasteiger partial charge is 0.477 e. The highest BCUT2D eigenvalue weighted by atomic mass is 35.5. The van der Waals surface area contributed by atoms with Crippen LogP contribution in [-0.4, -0.2) is 16.1 Å². The SMILES string of the molecule is CC(C)Cc1nc(Cl)sc1C(=O)O. The Bertz CT molecular complexity index is 322. The van der Waals surface area contributed by atoms with Gasteiger partial charge in [-0.15, -0.1) is 0 Å². The summed E-state index contributed by atoms with van der Waals surface area (Å²) in [5, 5.41) is 8.80. The van der Waals surface area contributed by atoms with Crippen LogP contribution in [-0.2, 0) is 6.42 Å². The van der Waals surface area contributed by atoms with Gasteiger partial charge in [-0.1, -0.05) is 36.8 Å². The van der Waals surface area contributed by atoms with Gasteiger partial charge in [0.25, 0.3) is 0 Å². The molecule has 3 nitrogen and oxygen atoms in total. The Morgan fingerprint density at radius 3 is 2.77 bits per heavy atom. The van der Waals surface area contributed by atoms with Crippen molar-refractivity contribution in [1.82, 2.24) is 4.98 Å². The van der Waals surface area contributed by atoms with Crippen molar-refractivity contribution in [1.29, 1.82) is 0 Å². The Morgan fingerprint density at radius 2 is 2.31 bits per heavy atom. The number of nitrogens with zero attached hydrogens (tertiary/aromatic N) is 1. The third-order valence-electron chi connectivity index (χ3n) is 1.47. The van der Waals surface area contributed by atoms with Crippen LogP contribution >= 0.6 is 22.9 Å². The maximum absolute atomic E-state index is 10.7. The second-order valence-electron chi connectivity index (χ2n) is 3.15. The summed E-state index contributed by atoms with van der Waals surface area (Å²) < 4.78 is 0.299. The molecule has 0 radical (unpaired) electrons. The van der Waals surface area contributed by atoms with Crippen molar-refractivity contribution < 1.29 is 9.90 Å². The van der Waals surface area contributed by atoms with Crippen LogP contribution in [0.5, 0.6) is 0 Å². The molecule has 0 unspecified atom stereocenters. The fourth-order valence-corrected chi connectivity index (χ4v) is 2.01. The van der Waals surface area contributed by atoms with Gasteiger partial charge in [-0.25, -0.2) is 9.78 Å². The fourth-order valence-electron chi connectivity index (χ4n) is 1.01. The molecule has 0 spiro atoms. The van der Waals surface area contributed by atoms with E-state index in [0.29, 0.717) is 22.5 Å². The Kier molecular flexibility index (Phi) is 3.27. The quantitative estimate of drug-likeness (QED) is 0.851. The van der Waals surface area contributed by atoms with Crippen LogP contribution in [0.2, 0.25) is 4.47 Å². The highest BCUT2D eigenvalue weighted by molar-refractivity contribution is 7.17. The molecule has 0 aliphatic rings. The second-order valence-corrected chi connectivity index (χ2v) is 4.73. The Morgan fingerprint density at radius 1 is 1.69 bits per heavy atom. The number of aromatic carboxylic acids is 1. The number of aromatic nitrogens is 1. The standard InChI is InChI=1S/C8H10ClNO2S/c1-4(2)3-5-6(7(11)12)13-8(9)10-5/h4H,3H2,1-2H3,(H,11,12). The van der Waals surface area contributed by atoms with E-state index >= 15 is 0 Å². The lowest BCUT2D eigenvalue weighted by molar-refractivity contribution is 0.0700. The van der Waals surface area contributed by atoms with E-state index in [2.05, 4.69) is 4.98 Å². The number of hydrogen-bond acceptors (Lipinski definition) is 3. The Balaban J connectivity index is 2.97. The number of carboxylic acid groups (broad SMARTS) is 1. The van der Waals surface area contributed by atoms with Crippen LogP contribution in [0.1, 0.15) is 29.2 Å². The van der Waals surface area contributed by atoms with Gasteiger partial charge in [0.1, 0.15) is 4.88 Å². The Hall–Kier alpha value is -0.610. The first-order valence-electron chi connectivity index (χ1n) is 3.89. The van der Waals surface area contributed by atoms with E-state index in [4.69, 9.17) is 16.7 Å². The fraction of sp³-hybridized carbons (Fsp3) is 0.500. The highest BCUT2D eigenvalue weighted by Gasteiger charge is 2.16. The molecule has 1 aromatic rings. The molecule has 0 fully saturated rings. The third-order valence-corrected chi connectivity index (χ3v) is 2.66. The summed E-state index contributed by atoms with van der Waals surface area (Å²) in [7, 11) is 0. The van der Waals surface area contributed by atoms with Gasteiger partial charge in [0, 0.05) is 0 Å². The minimum absolute atomic E-state index is 0.263. The van der Waals surface area contributed by atoms with Crippen molar-refractivity contribution in [2.24, 2.45) is 5.92 Å². The van der Waals surface area contributed by atoms with Gasteiger partial charge in [-0.05, 0) is 12.3 Å². The van der Waals surface area contributed by atoms with Gasteiger partial charge in [-0.3, -0.25) is 0 Å². The number of carboxylic acids is 1. The van der Waals surface area contributed by atoms with Crippen molar-refractivity contribution >= 4 is 28.9 Å². The lowest BCUT2D eigenvalue weighted by Gasteiger charge is -2.01. The maximum atomic E-state index is 10.7. The molecule has 0 saturated carbocycles. The third kappa shape index (κ3) is 2.67. The average Bonchev–Trinajstić information content (AvgIpc) is 2.29. The monoisotopic (exact) mass is 219 g/mol. The first-order valence-corrected chi connectivity index (χ1v) is 5.08. The van der Waals surface area contributed by atoms with E-state index in [-0.39, 0.29) is 4.88 Å². The van der Waals surface area contributed by atoms with Gasteiger partial charge in [0.2, 0.25) is 0 Å². The van der Waals surface area contributed by atoms with Gasteiger partial charge in [0.05, 0.1) is 5.69 Å². The molecule has 0 aliphatic heterocycles. The number of rotatable bonds is 3. The molecular weight excluding hydrogens is 210 g/mol. The van der Waals surface area contributed by atoms with Crippen molar-refractivity contribution in [3.05, 3.63) is 15.0 Å². The molecule has 1 rings (SSSR count). The summed E-state index contributed by atoms with van der Waals surface area (Å²) in [6, 6.07) is 0. The molecular formula is C8H10ClNO2S.